The highest BCUT2D eigenvalue weighted by Crippen LogP contribution is 2.29. The summed E-state index contributed by atoms with van der Waals surface area (Å²) in [5.41, 5.74) is 0. The summed E-state index contributed by atoms with van der Waals surface area (Å²) in [5, 5.41) is 8.85. The van der Waals surface area contributed by atoms with E-state index in [1.807, 2.05) is 12.2 Å². The first-order valence-corrected chi connectivity index (χ1v) is 7.68. The molecule has 1 N–H and O–H groups in total. The van der Waals surface area contributed by atoms with Crippen molar-refractivity contribution in [3.63, 3.8) is 0 Å². The summed E-state index contributed by atoms with van der Waals surface area (Å²) >= 11 is 0. The molecule has 1 aromatic heterocycles. The smallest absolute Gasteiger partial charge is 0.249 e. The van der Waals surface area contributed by atoms with Crippen molar-refractivity contribution in [2.45, 2.75) is 30.9 Å². The molecule has 6 heteroatoms. The number of aryl methyl sites for hydroxylation is 1. The molecule has 0 aliphatic heterocycles. The van der Waals surface area contributed by atoms with Crippen molar-refractivity contribution in [2.24, 2.45) is 0 Å². The van der Waals surface area contributed by atoms with Gasteiger partial charge in [-0.15, -0.1) is 0 Å². The average Bonchev–Trinajstić information content (AvgIpc) is 2.86. The van der Waals surface area contributed by atoms with E-state index in [4.69, 9.17) is 5.11 Å². The van der Waals surface area contributed by atoms with Crippen molar-refractivity contribution < 1.29 is 13.5 Å². The average molecular weight is 282 g/mol. The molecule has 1 aromatic rings. The van der Waals surface area contributed by atoms with Crippen LogP contribution < -0.4 is 0 Å². The molecule has 1 heterocycles. The molecule has 0 amide bonds. The maximum atomic E-state index is 12.7. The van der Waals surface area contributed by atoms with Gasteiger partial charge in [0.05, 0.1) is 0 Å². The first-order valence-electron chi connectivity index (χ1n) is 6.24. The molecule has 1 unspecified atom stereocenters. The summed E-state index contributed by atoms with van der Waals surface area (Å²) in [4.78, 5) is 4.08. The molecule has 0 radical (unpaired) electrons. The van der Waals surface area contributed by atoms with Gasteiger partial charge < -0.3 is 5.11 Å². The minimum Gasteiger partial charge on any atom is -0.396 e. The van der Waals surface area contributed by atoms with E-state index in [1.165, 1.54) is 16.4 Å². The summed E-state index contributed by atoms with van der Waals surface area (Å²) in [6.45, 7) is 1.73. The van der Waals surface area contributed by atoms with E-state index in [-0.39, 0.29) is 6.61 Å². The zero-order valence-corrected chi connectivity index (χ0v) is 11.7. The molecule has 5 nitrogen and oxygen atoms in total. The Labute approximate surface area is 113 Å². The summed E-state index contributed by atoms with van der Waals surface area (Å²) in [6, 6.07) is 0. The Kier molecular flexibility index (Phi) is 3.91. The van der Waals surface area contributed by atoms with Crippen LogP contribution in [0.1, 0.15) is 25.6 Å². The van der Waals surface area contributed by atoms with Crippen LogP contribution in [0.15, 0.2) is 36.7 Å². The quantitative estimate of drug-likeness (QED) is 0.882. The minimum absolute atomic E-state index is 0.0207. The van der Waals surface area contributed by atoms with Crippen molar-refractivity contribution in [2.75, 3.05) is 6.61 Å². The number of aromatic nitrogens is 2. The van der Waals surface area contributed by atoms with Gasteiger partial charge in [-0.25, -0.2) is 17.4 Å². The van der Waals surface area contributed by atoms with Gasteiger partial charge in [0.25, 0.3) is 0 Å². The fraction of sp³-hybridized carbons (Fsp3) is 0.462. The van der Waals surface area contributed by atoms with Crippen LogP contribution in [-0.4, -0.2) is 33.8 Å². The molecular weight excluding hydrogens is 264 g/mol. The topological polar surface area (TPSA) is 72.2 Å². The second kappa shape index (κ2) is 5.30. The second-order valence-corrected chi connectivity index (χ2v) is 7.05. The van der Waals surface area contributed by atoms with E-state index < -0.39 is 14.8 Å². The predicted molar refractivity (Wildman–Crippen MR) is 73.3 cm³/mol. The Bertz CT molecular complexity index is 601. The van der Waals surface area contributed by atoms with Crippen molar-refractivity contribution in [1.82, 2.24) is 8.96 Å². The van der Waals surface area contributed by atoms with Crippen LogP contribution in [0.2, 0.25) is 0 Å². The van der Waals surface area contributed by atoms with Gasteiger partial charge in [-0.05, 0) is 19.8 Å². The van der Waals surface area contributed by atoms with E-state index in [1.54, 1.807) is 19.1 Å². The van der Waals surface area contributed by atoms with Gasteiger partial charge in [0, 0.05) is 25.4 Å². The van der Waals surface area contributed by atoms with Gasteiger partial charge in [0.15, 0.2) is 0 Å². The molecule has 0 bridgehead atoms. The largest absolute Gasteiger partial charge is 0.396 e. The number of aliphatic hydroxyl groups is 1. The van der Waals surface area contributed by atoms with Crippen molar-refractivity contribution in [1.29, 1.82) is 0 Å². The van der Waals surface area contributed by atoms with E-state index in [9.17, 15) is 8.42 Å². The van der Waals surface area contributed by atoms with Crippen LogP contribution in [-0.2, 0) is 16.4 Å². The first-order chi connectivity index (χ1) is 9.01. The molecule has 0 saturated carbocycles. The Morgan fingerprint density at radius 1 is 1.47 bits per heavy atom. The third-order valence-corrected chi connectivity index (χ3v) is 5.64. The van der Waals surface area contributed by atoms with E-state index in [0.29, 0.717) is 25.1 Å². The number of allylic oxidation sites excluding steroid dienone is 3. The highest BCUT2D eigenvalue weighted by molar-refractivity contribution is 7.91. The third-order valence-electron chi connectivity index (χ3n) is 3.31. The SMILES string of the molecule is CC1(S(=O)(=O)n2ccnc2CCCO)C=CC=CC1. The van der Waals surface area contributed by atoms with E-state index in [2.05, 4.69) is 4.98 Å². The number of hydrogen-bond donors (Lipinski definition) is 1. The van der Waals surface area contributed by atoms with Crippen LogP contribution in [0.3, 0.4) is 0 Å². The number of nitrogens with zero attached hydrogens (tertiary/aromatic N) is 2. The lowest BCUT2D eigenvalue weighted by atomic mass is 10.0. The van der Waals surface area contributed by atoms with Gasteiger partial charge in [0.1, 0.15) is 10.6 Å². The molecule has 0 fully saturated rings. The summed E-state index contributed by atoms with van der Waals surface area (Å²) < 4.78 is 25.8. The van der Waals surface area contributed by atoms with Gasteiger partial charge in [-0.2, -0.15) is 0 Å². The Morgan fingerprint density at radius 2 is 2.26 bits per heavy atom. The molecule has 0 aromatic carbocycles. The molecule has 0 spiro atoms. The molecule has 19 heavy (non-hydrogen) atoms. The van der Waals surface area contributed by atoms with E-state index in [0.717, 1.165) is 0 Å². The zero-order valence-electron chi connectivity index (χ0n) is 10.9. The second-order valence-electron chi connectivity index (χ2n) is 4.78. The molecule has 1 aliphatic rings. The number of hydrogen-bond acceptors (Lipinski definition) is 4. The highest BCUT2D eigenvalue weighted by Gasteiger charge is 2.38. The molecule has 1 aliphatic carbocycles. The third kappa shape index (κ3) is 2.50. The van der Waals surface area contributed by atoms with Crippen LogP contribution in [0.5, 0.6) is 0 Å². The van der Waals surface area contributed by atoms with Gasteiger partial charge >= 0.3 is 0 Å². The molecular formula is C13H18N2O3S. The Hall–Kier alpha value is -1.40. The van der Waals surface area contributed by atoms with Crippen LogP contribution in [0, 0.1) is 0 Å². The first kappa shape index (κ1) is 14.0. The minimum atomic E-state index is -3.54. The number of aliphatic hydroxyl groups excluding tert-OH is 1. The monoisotopic (exact) mass is 282 g/mol. The van der Waals surface area contributed by atoms with Crippen LogP contribution in [0.4, 0.5) is 0 Å². The van der Waals surface area contributed by atoms with Crippen molar-refractivity contribution in [3.05, 3.63) is 42.5 Å². The maximum absolute atomic E-state index is 12.7. The van der Waals surface area contributed by atoms with Crippen molar-refractivity contribution >= 4 is 10.0 Å². The normalized spacial score (nSPS) is 22.8. The van der Waals surface area contributed by atoms with Crippen LogP contribution >= 0.6 is 0 Å². The Morgan fingerprint density at radius 3 is 2.89 bits per heavy atom. The lowest BCUT2D eigenvalue weighted by Crippen LogP contribution is -2.38. The standard InChI is InChI=1S/C13H18N2O3S/c1-13(7-3-2-4-8-13)19(17,18)15-10-9-14-12(15)6-5-11-16/h2-4,7,9-10,16H,5-6,8,11H2,1H3. The Balaban J connectivity index is 2.37. The van der Waals surface area contributed by atoms with Gasteiger partial charge in [0.2, 0.25) is 10.0 Å². The van der Waals surface area contributed by atoms with Crippen molar-refractivity contribution in [3.8, 4) is 0 Å². The van der Waals surface area contributed by atoms with E-state index >= 15 is 0 Å². The highest BCUT2D eigenvalue weighted by atomic mass is 32.2. The maximum Gasteiger partial charge on any atom is 0.249 e. The lowest BCUT2D eigenvalue weighted by Gasteiger charge is -2.27. The zero-order chi connectivity index (χ0) is 13.9. The lowest BCUT2D eigenvalue weighted by molar-refractivity contribution is 0.287. The predicted octanol–water partition coefficient (Wildman–Crippen LogP) is 1.26. The summed E-state index contributed by atoms with van der Waals surface area (Å²) in [6.07, 6.45) is 11.5. The number of rotatable bonds is 5. The molecule has 104 valence electrons. The number of imidazole rings is 1. The molecule has 2 rings (SSSR count). The van der Waals surface area contributed by atoms with Gasteiger partial charge in [-0.3, -0.25) is 0 Å². The summed E-state index contributed by atoms with van der Waals surface area (Å²) in [7, 11) is -3.54. The molecule has 0 saturated heterocycles. The fourth-order valence-corrected chi connectivity index (χ4v) is 3.71. The van der Waals surface area contributed by atoms with Crippen LogP contribution in [0.25, 0.3) is 0 Å². The molecule has 1 atom stereocenters. The summed E-state index contributed by atoms with van der Waals surface area (Å²) in [5.74, 6) is 0.471. The van der Waals surface area contributed by atoms with Gasteiger partial charge in [-0.1, -0.05) is 24.3 Å². The fourth-order valence-electron chi connectivity index (χ4n) is 2.08.